The summed E-state index contributed by atoms with van der Waals surface area (Å²) in [7, 11) is 1.81. The van der Waals surface area contributed by atoms with E-state index in [-0.39, 0.29) is 0 Å². The summed E-state index contributed by atoms with van der Waals surface area (Å²) < 4.78 is 8.48. The van der Waals surface area contributed by atoms with Crippen molar-refractivity contribution in [1.29, 1.82) is 0 Å². The van der Waals surface area contributed by atoms with Gasteiger partial charge in [-0.15, -0.1) is 16.4 Å². The van der Waals surface area contributed by atoms with Crippen LogP contribution in [0.25, 0.3) is 10.1 Å². The van der Waals surface area contributed by atoms with Gasteiger partial charge in [-0.3, -0.25) is 4.68 Å². The molecule has 98 valence electrons. The van der Waals surface area contributed by atoms with Gasteiger partial charge in [-0.2, -0.15) is 4.98 Å². The minimum atomic E-state index is 0.390. The molecule has 0 atom stereocenters. The lowest BCUT2D eigenvalue weighted by molar-refractivity contribution is 0.281. The van der Waals surface area contributed by atoms with E-state index in [1.807, 2.05) is 19.2 Å². The standard InChI is InChI=1S/C13H14N4OS/c1-17-8-15-13(16-17)18-7-10-9-4-2-3-5-11(9)19-12(10)6-14/h2-5,8H,6-7,14H2,1H3. The molecule has 0 aliphatic carbocycles. The van der Waals surface area contributed by atoms with E-state index in [2.05, 4.69) is 22.2 Å². The molecular formula is C13H14N4OS. The Morgan fingerprint density at radius 2 is 2.21 bits per heavy atom. The Kier molecular flexibility index (Phi) is 3.18. The lowest BCUT2D eigenvalue weighted by Gasteiger charge is -2.03. The van der Waals surface area contributed by atoms with Gasteiger partial charge in [-0.25, -0.2) is 0 Å². The number of aryl methyl sites for hydroxylation is 1. The second kappa shape index (κ2) is 4.99. The largest absolute Gasteiger partial charge is 0.457 e. The Morgan fingerprint density at radius 1 is 1.37 bits per heavy atom. The Labute approximate surface area is 114 Å². The molecule has 0 bridgehead atoms. The zero-order valence-corrected chi connectivity index (χ0v) is 11.4. The zero-order chi connectivity index (χ0) is 13.2. The van der Waals surface area contributed by atoms with Crippen molar-refractivity contribution in [2.75, 3.05) is 0 Å². The average molecular weight is 274 g/mol. The molecule has 2 aromatic heterocycles. The van der Waals surface area contributed by atoms with Crippen LogP contribution in [0.3, 0.4) is 0 Å². The highest BCUT2D eigenvalue weighted by Crippen LogP contribution is 2.31. The number of fused-ring (bicyclic) bond motifs is 1. The first-order chi connectivity index (χ1) is 9.28. The second-order valence-electron chi connectivity index (χ2n) is 4.19. The quantitative estimate of drug-likeness (QED) is 0.791. The smallest absolute Gasteiger partial charge is 0.335 e. The maximum atomic E-state index is 5.81. The molecule has 3 rings (SSSR count). The molecule has 0 radical (unpaired) electrons. The Morgan fingerprint density at radius 3 is 2.95 bits per heavy atom. The predicted molar refractivity (Wildman–Crippen MR) is 75.1 cm³/mol. The van der Waals surface area contributed by atoms with E-state index in [0.717, 1.165) is 10.4 Å². The van der Waals surface area contributed by atoms with Gasteiger partial charge in [0, 0.05) is 28.7 Å². The van der Waals surface area contributed by atoms with Gasteiger partial charge in [0.2, 0.25) is 0 Å². The highest BCUT2D eigenvalue weighted by Gasteiger charge is 2.12. The molecular weight excluding hydrogens is 260 g/mol. The molecule has 2 heterocycles. The van der Waals surface area contributed by atoms with Gasteiger partial charge in [0.05, 0.1) is 0 Å². The van der Waals surface area contributed by atoms with Crippen LogP contribution in [0.4, 0.5) is 0 Å². The molecule has 5 nitrogen and oxygen atoms in total. The van der Waals surface area contributed by atoms with Crippen molar-refractivity contribution in [3.63, 3.8) is 0 Å². The second-order valence-corrected chi connectivity index (χ2v) is 5.33. The molecule has 0 saturated carbocycles. The van der Waals surface area contributed by atoms with Crippen molar-refractivity contribution in [2.45, 2.75) is 13.2 Å². The molecule has 6 heteroatoms. The molecule has 0 unspecified atom stereocenters. The molecule has 0 fully saturated rings. The van der Waals surface area contributed by atoms with E-state index in [1.54, 1.807) is 22.3 Å². The molecule has 3 aromatic rings. The van der Waals surface area contributed by atoms with Crippen molar-refractivity contribution < 1.29 is 4.74 Å². The summed E-state index contributed by atoms with van der Waals surface area (Å²) in [6.07, 6.45) is 1.62. The van der Waals surface area contributed by atoms with E-state index in [1.165, 1.54) is 10.1 Å². The monoisotopic (exact) mass is 274 g/mol. The normalized spacial score (nSPS) is 11.1. The fourth-order valence-corrected chi connectivity index (χ4v) is 3.08. The molecule has 0 spiro atoms. The highest BCUT2D eigenvalue weighted by molar-refractivity contribution is 7.19. The van der Waals surface area contributed by atoms with Crippen LogP contribution in [-0.4, -0.2) is 14.8 Å². The van der Waals surface area contributed by atoms with Crippen molar-refractivity contribution in [2.24, 2.45) is 12.8 Å². The fourth-order valence-electron chi connectivity index (χ4n) is 1.99. The van der Waals surface area contributed by atoms with Crippen LogP contribution in [0.1, 0.15) is 10.4 Å². The van der Waals surface area contributed by atoms with E-state index >= 15 is 0 Å². The summed E-state index contributed by atoms with van der Waals surface area (Å²) in [4.78, 5) is 5.20. The number of nitrogens with zero attached hydrogens (tertiary/aromatic N) is 3. The first-order valence-corrected chi connectivity index (χ1v) is 6.77. The van der Waals surface area contributed by atoms with Crippen molar-refractivity contribution in [3.8, 4) is 6.01 Å². The molecule has 0 aliphatic rings. The maximum Gasteiger partial charge on any atom is 0.335 e. The van der Waals surface area contributed by atoms with Crippen molar-refractivity contribution >= 4 is 21.4 Å². The van der Waals surface area contributed by atoms with Crippen LogP contribution in [0.2, 0.25) is 0 Å². The number of hydrogen-bond acceptors (Lipinski definition) is 5. The predicted octanol–water partition coefficient (Wildman–Crippen LogP) is 2.07. The lowest BCUT2D eigenvalue weighted by atomic mass is 10.1. The van der Waals surface area contributed by atoms with E-state index < -0.39 is 0 Å². The van der Waals surface area contributed by atoms with Crippen LogP contribution in [0, 0.1) is 0 Å². The molecule has 19 heavy (non-hydrogen) atoms. The summed E-state index contributed by atoms with van der Waals surface area (Å²) in [6, 6.07) is 8.64. The van der Waals surface area contributed by atoms with Gasteiger partial charge in [0.1, 0.15) is 12.9 Å². The number of ether oxygens (including phenoxy) is 1. The molecule has 0 aliphatic heterocycles. The number of aromatic nitrogens is 3. The first-order valence-electron chi connectivity index (χ1n) is 5.95. The van der Waals surface area contributed by atoms with Gasteiger partial charge in [-0.1, -0.05) is 18.2 Å². The van der Waals surface area contributed by atoms with Gasteiger partial charge in [-0.05, 0) is 11.5 Å². The summed E-state index contributed by atoms with van der Waals surface area (Å²) >= 11 is 1.71. The van der Waals surface area contributed by atoms with Gasteiger partial charge < -0.3 is 10.5 Å². The number of rotatable bonds is 4. The fraction of sp³-hybridized carbons (Fsp3) is 0.231. The van der Waals surface area contributed by atoms with E-state index in [9.17, 15) is 0 Å². The maximum absolute atomic E-state index is 5.81. The highest BCUT2D eigenvalue weighted by atomic mass is 32.1. The summed E-state index contributed by atoms with van der Waals surface area (Å²) in [6.45, 7) is 0.967. The summed E-state index contributed by atoms with van der Waals surface area (Å²) in [5.74, 6) is 0. The van der Waals surface area contributed by atoms with Gasteiger partial charge in [0.15, 0.2) is 0 Å². The molecule has 2 N–H and O–H groups in total. The van der Waals surface area contributed by atoms with Crippen molar-refractivity contribution in [1.82, 2.24) is 14.8 Å². The summed E-state index contributed by atoms with van der Waals surface area (Å²) in [5.41, 5.74) is 6.94. The Bertz CT molecular complexity index is 704. The van der Waals surface area contributed by atoms with E-state index in [0.29, 0.717) is 19.2 Å². The Balaban J connectivity index is 1.90. The van der Waals surface area contributed by atoms with Crippen LogP contribution in [0.5, 0.6) is 6.01 Å². The lowest BCUT2D eigenvalue weighted by Crippen LogP contribution is -2.02. The zero-order valence-electron chi connectivity index (χ0n) is 10.5. The van der Waals surface area contributed by atoms with Crippen LogP contribution >= 0.6 is 11.3 Å². The average Bonchev–Trinajstić information content (AvgIpc) is 2.99. The van der Waals surface area contributed by atoms with E-state index in [4.69, 9.17) is 10.5 Å². The minimum Gasteiger partial charge on any atom is -0.457 e. The number of benzene rings is 1. The van der Waals surface area contributed by atoms with Crippen LogP contribution < -0.4 is 10.5 Å². The number of thiophene rings is 1. The topological polar surface area (TPSA) is 66.0 Å². The molecule has 0 saturated heterocycles. The van der Waals surface area contributed by atoms with Gasteiger partial charge in [0.25, 0.3) is 0 Å². The molecule has 0 amide bonds. The number of nitrogens with two attached hydrogens (primary N) is 1. The van der Waals surface area contributed by atoms with Crippen LogP contribution in [0.15, 0.2) is 30.6 Å². The van der Waals surface area contributed by atoms with Gasteiger partial charge >= 0.3 is 6.01 Å². The third-order valence-electron chi connectivity index (χ3n) is 2.89. The Hall–Kier alpha value is -1.92. The third kappa shape index (κ3) is 2.32. The SMILES string of the molecule is Cn1cnc(OCc2c(CN)sc3ccccc23)n1. The van der Waals surface area contributed by atoms with Crippen molar-refractivity contribution in [3.05, 3.63) is 41.0 Å². The minimum absolute atomic E-state index is 0.390. The first kappa shape index (κ1) is 12.1. The number of hydrogen-bond donors (Lipinski definition) is 1. The summed E-state index contributed by atoms with van der Waals surface area (Å²) in [5, 5.41) is 5.30. The molecule has 1 aromatic carbocycles. The van der Waals surface area contributed by atoms with Crippen LogP contribution in [-0.2, 0) is 20.2 Å². The third-order valence-corrected chi connectivity index (χ3v) is 4.13.